The van der Waals surface area contributed by atoms with Gasteiger partial charge in [-0.1, -0.05) is 301 Å². The van der Waals surface area contributed by atoms with E-state index in [4.69, 9.17) is 4.74 Å². The molecule has 0 aliphatic carbocycles. The van der Waals surface area contributed by atoms with Crippen LogP contribution in [-0.2, 0) is 14.3 Å². The van der Waals surface area contributed by atoms with Crippen LogP contribution in [-0.4, -0.2) is 47.4 Å². The van der Waals surface area contributed by atoms with E-state index in [0.717, 1.165) is 44.9 Å². The minimum absolute atomic E-state index is 0.0151. The summed E-state index contributed by atoms with van der Waals surface area (Å²) in [4.78, 5) is 24.4. The Bertz CT molecular complexity index is 1150. The van der Waals surface area contributed by atoms with Crippen molar-refractivity contribution in [2.24, 2.45) is 0 Å². The second-order valence-corrected chi connectivity index (χ2v) is 21.7. The molecule has 6 heteroatoms. The van der Waals surface area contributed by atoms with Crippen LogP contribution in [0.15, 0.2) is 36.5 Å². The molecule has 0 saturated carbocycles. The molecule has 418 valence electrons. The molecule has 0 spiro atoms. The smallest absolute Gasteiger partial charge is 0.305 e. The summed E-state index contributed by atoms with van der Waals surface area (Å²) >= 11 is 0. The molecule has 6 nitrogen and oxygen atoms in total. The number of esters is 1. The molecule has 0 aromatic carbocycles. The van der Waals surface area contributed by atoms with Gasteiger partial charge in [0.2, 0.25) is 5.91 Å². The number of amides is 1. The zero-order chi connectivity index (χ0) is 51.4. The summed E-state index contributed by atoms with van der Waals surface area (Å²) in [6.45, 7) is 4.89. The standard InChI is InChI=1S/C65H123NO5/c1-3-5-7-9-11-13-14-15-36-39-43-47-51-55-59-65(70)71-60-56-52-48-44-40-37-34-32-30-28-26-24-22-20-18-16-17-19-21-23-25-27-29-31-33-35-38-42-46-50-54-58-64(69)66-62(61-67)63(68)57-53-49-45-41-12-10-8-6-4-2/h18,20,24,26,53,57,62-63,67-68H,3-17,19,21-23,25,27-52,54-56,58-61H2,1-2H3,(H,66,69)/b20-18-,26-24-,57-53+. The molecule has 0 bridgehead atoms. The highest BCUT2D eigenvalue weighted by molar-refractivity contribution is 5.76. The fraction of sp³-hybridized carbons (Fsp3) is 0.877. The van der Waals surface area contributed by atoms with Crippen LogP contribution in [0.25, 0.3) is 0 Å². The highest BCUT2D eigenvalue weighted by Gasteiger charge is 2.18. The number of aliphatic hydroxyl groups excluding tert-OH is 2. The maximum absolute atomic E-state index is 12.4. The Morgan fingerprint density at radius 3 is 1.07 bits per heavy atom. The van der Waals surface area contributed by atoms with E-state index in [2.05, 4.69) is 43.5 Å². The second-order valence-electron chi connectivity index (χ2n) is 21.7. The predicted octanol–water partition coefficient (Wildman–Crippen LogP) is 20.0. The van der Waals surface area contributed by atoms with Crippen LogP contribution in [0.5, 0.6) is 0 Å². The molecule has 0 aromatic rings. The number of hydrogen-bond acceptors (Lipinski definition) is 5. The van der Waals surface area contributed by atoms with Gasteiger partial charge in [0, 0.05) is 12.8 Å². The van der Waals surface area contributed by atoms with Crippen molar-refractivity contribution in [3.05, 3.63) is 36.5 Å². The van der Waals surface area contributed by atoms with Crippen molar-refractivity contribution >= 4 is 11.9 Å². The lowest BCUT2D eigenvalue weighted by Gasteiger charge is -2.20. The fourth-order valence-corrected chi connectivity index (χ4v) is 9.78. The van der Waals surface area contributed by atoms with Crippen LogP contribution in [0.4, 0.5) is 0 Å². The van der Waals surface area contributed by atoms with Crippen molar-refractivity contribution in [3.63, 3.8) is 0 Å². The average Bonchev–Trinajstić information content (AvgIpc) is 3.37. The second kappa shape index (κ2) is 60.6. The van der Waals surface area contributed by atoms with Crippen LogP contribution in [0.1, 0.15) is 341 Å². The van der Waals surface area contributed by atoms with Crippen LogP contribution in [0, 0.1) is 0 Å². The van der Waals surface area contributed by atoms with Crippen molar-refractivity contribution in [2.45, 2.75) is 353 Å². The molecule has 0 rings (SSSR count). The third-order valence-corrected chi connectivity index (χ3v) is 14.7. The van der Waals surface area contributed by atoms with Gasteiger partial charge in [-0.05, 0) is 64.2 Å². The van der Waals surface area contributed by atoms with E-state index in [0.29, 0.717) is 19.4 Å². The molecule has 2 atom stereocenters. The van der Waals surface area contributed by atoms with Gasteiger partial charge in [-0.3, -0.25) is 9.59 Å². The molecule has 3 N–H and O–H groups in total. The molecule has 0 heterocycles. The van der Waals surface area contributed by atoms with Gasteiger partial charge in [0.15, 0.2) is 0 Å². The van der Waals surface area contributed by atoms with Crippen LogP contribution >= 0.6 is 0 Å². The Labute approximate surface area is 443 Å². The lowest BCUT2D eigenvalue weighted by Crippen LogP contribution is -2.45. The molecule has 2 unspecified atom stereocenters. The van der Waals surface area contributed by atoms with E-state index in [1.807, 2.05) is 6.08 Å². The molecule has 0 aliphatic rings. The Morgan fingerprint density at radius 1 is 0.394 bits per heavy atom. The third kappa shape index (κ3) is 57.2. The SMILES string of the molecule is CCCCCCCCC/C=C/C(O)C(CO)NC(=O)CCCCCCCCCCCCCCCCC/C=C\C/C=C\CCCCCCCCCCCOC(=O)CCCCCCCCCCCCCCCC. The quantitative estimate of drug-likeness (QED) is 0.0321. The van der Waals surface area contributed by atoms with Gasteiger partial charge in [-0.15, -0.1) is 0 Å². The van der Waals surface area contributed by atoms with Gasteiger partial charge < -0.3 is 20.3 Å². The van der Waals surface area contributed by atoms with Gasteiger partial charge in [-0.2, -0.15) is 0 Å². The number of allylic oxidation sites excluding steroid dienone is 5. The van der Waals surface area contributed by atoms with E-state index in [-0.39, 0.29) is 18.5 Å². The van der Waals surface area contributed by atoms with Crippen molar-refractivity contribution in [2.75, 3.05) is 13.2 Å². The van der Waals surface area contributed by atoms with Crippen molar-refractivity contribution in [1.82, 2.24) is 5.32 Å². The average molecular weight is 999 g/mol. The Kier molecular flexibility index (Phi) is 59.0. The minimum Gasteiger partial charge on any atom is -0.466 e. The molecule has 71 heavy (non-hydrogen) atoms. The monoisotopic (exact) mass is 998 g/mol. The van der Waals surface area contributed by atoms with Crippen LogP contribution < -0.4 is 5.32 Å². The van der Waals surface area contributed by atoms with E-state index >= 15 is 0 Å². The molecule has 0 fully saturated rings. The van der Waals surface area contributed by atoms with E-state index < -0.39 is 12.1 Å². The Morgan fingerprint density at radius 2 is 0.704 bits per heavy atom. The summed E-state index contributed by atoms with van der Waals surface area (Å²) in [5, 5.41) is 22.9. The third-order valence-electron chi connectivity index (χ3n) is 14.7. The molecule has 0 aromatic heterocycles. The number of rotatable bonds is 59. The number of aliphatic hydroxyl groups is 2. The molecule has 0 aliphatic heterocycles. The summed E-state index contributed by atoms with van der Waals surface area (Å²) in [6, 6.07) is -0.625. The van der Waals surface area contributed by atoms with Crippen molar-refractivity contribution in [3.8, 4) is 0 Å². The zero-order valence-electron chi connectivity index (χ0n) is 47.7. The summed E-state index contributed by atoms with van der Waals surface area (Å²) in [6.07, 6.45) is 76.4. The first kappa shape index (κ1) is 69.1. The summed E-state index contributed by atoms with van der Waals surface area (Å²) in [5.41, 5.74) is 0. The van der Waals surface area contributed by atoms with Crippen molar-refractivity contribution in [1.29, 1.82) is 0 Å². The van der Waals surface area contributed by atoms with Gasteiger partial charge >= 0.3 is 5.97 Å². The summed E-state index contributed by atoms with van der Waals surface area (Å²) in [5.74, 6) is -0.0544. The van der Waals surface area contributed by atoms with Crippen LogP contribution in [0.3, 0.4) is 0 Å². The lowest BCUT2D eigenvalue weighted by atomic mass is 10.0. The molecular weight excluding hydrogens is 875 g/mol. The number of carbonyl (C=O) groups is 2. The first-order chi connectivity index (χ1) is 35.0. The lowest BCUT2D eigenvalue weighted by molar-refractivity contribution is -0.143. The first-order valence-electron chi connectivity index (χ1n) is 31.8. The number of carbonyl (C=O) groups excluding carboxylic acids is 2. The molecular formula is C65H123NO5. The van der Waals surface area contributed by atoms with Crippen LogP contribution in [0.2, 0.25) is 0 Å². The topological polar surface area (TPSA) is 95.9 Å². The summed E-state index contributed by atoms with van der Waals surface area (Å²) < 4.78 is 5.48. The molecule has 1 amide bonds. The number of hydrogen-bond donors (Lipinski definition) is 3. The van der Waals surface area contributed by atoms with E-state index in [1.165, 1.54) is 270 Å². The van der Waals surface area contributed by atoms with Gasteiger partial charge in [0.1, 0.15) is 0 Å². The molecule has 0 radical (unpaired) electrons. The molecule has 0 saturated heterocycles. The maximum atomic E-state index is 12.4. The Balaban J connectivity index is 3.37. The Hall–Kier alpha value is -1.92. The first-order valence-corrected chi connectivity index (χ1v) is 31.8. The largest absolute Gasteiger partial charge is 0.466 e. The number of ether oxygens (including phenoxy) is 1. The zero-order valence-corrected chi connectivity index (χ0v) is 47.7. The maximum Gasteiger partial charge on any atom is 0.305 e. The van der Waals surface area contributed by atoms with Crippen molar-refractivity contribution < 1.29 is 24.5 Å². The van der Waals surface area contributed by atoms with Gasteiger partial charge in [-0.25, -0.2) is 0 Å². The van der Waals surface area contributed by atoms with Gasteiger partial charge in [0.05, 0.1) is 25.4 Å². The van der Waals surface area contributed by atoms with Gasteiger partial charge in [0.25, 0.3) is 0 Å². The minimum atomic E-state index is -0.841. The highest BCUT2D eigenvalue weighted by Crippen LogP contribution is 2.17. The van der Waals surface area contributed by atoms with E-state index in [9.17, 15) is 19.8 Å². The highest BCUT2D eigenvalue weighted by atomic mass is 16.5. The fourth-order valence-electron chi connectivity index (χ4n) is 9.78. The normalized spacial score (nSPS) is 12.8. The predicted molar refractivity (Wildman–Crippen MR) is 310 cm³/mol. The number of nitrogens with one attached hydrogen (secondary N) is 1. The number of unbranched alkanes of at least 4 members (excludes halogenated alkanes) is 44. The summed E-state index contributed by atoms with van der Waals surface area (Å²) in [7, 11) is 0. The van der Waals surface area contributed by atoms with E-state index in [1.54, 1.807) is 6.08 Å².